The molecule has 0 spiro atoms. The van der Waals surface area contributed by atoms with Crippen LogP contribution in [0.1, 0.15) is 16.7 Å². The number of rotatable bonds is 4. The molecule has 0 saturated carbocycles. The van der Waals surface area contributed by atoms with Crippen LogP contribution in [0, 0.1) is 6.92 Å². The number of alkyl halides is 3. The highest BCUT2D eigenvalue weighted by atomic mass is 32.2. The second kappa shape index (κ2) is 6.54. The van der Waals surface area contributed by atoms with E-state index in [1.165, 1.54) is 17.8 Å². The van der Waals surface area contributed by atoms with Gasteiger partial charge in [0.05, 0.1) is 5.56 Å². The van der Waals surface area contributed by atoms with Crippen LogP contribution in [0.3, 0.4) is 0 Å². The van der Waals surface area contributed by atoms with Gasteiger partial charge in [-0.05, 0) is 43.3 Å². The van der Waals surface area contributed by atoms with E-state index in [9.17, 15) is 13.2 Å². The molecule has 0 aliphatic heterocycles. The zero-order valence-corrected chi connectivity index (χ0v) is 12.6. The predicted molar refractivity (Wildman–Crippen MR) is 79.5 cm³/mol. The highest BCUT2D eigenvalue weighted by Gasteiger charge is 2.33. The molecule has 0 heterocycles. The van der Waals surface area contributed by atoms with Crippen molar-refractivity contribution in [2.45, 2.75) is 29.4 Å². The number of hydrogen-bond acceptors (Lipinski definition) is 2. The zero-order chi connectivity index (χ0) is 15.5. The lowest BCUT2D eigenvalue weighted by molar-refractivity contribution is -0.138. The van der Waals surface area contributed by atoms with Gasteiger partial charge in [-0.2, -0.15) is 13.2 Å². The zero-order valence-electron chi connectivity index (χ0n) is 11.8. The molecule has 1 nitrogen and oxygen atoms in total. The van der Waals surface area contributed by atoms with E-state index >= 15 is 0 Å². The van der Waals surface area contributed by atoms with Crippen molar-refractivity contribution < 1.29 is 13.2 Å². The molecule has 2 aromatic carbocycles. The van der Waals surface area contributed by atoms with Crippen molar-refractivity contribution in [3.05, 3.63) is 59.2 Å². The Morgan fingerprint density at radius 2 is 1.81 bits per heavy atom. The van der Waals surface area contributed by atoms with E-state index in [0.717, 1.165) is 10.5 Å². The molecule has 0 aliphatic rings. The van der Waals surface area contributed by atoms with E-state index in [-0.39, 0.29) is 12.1 Å². The van der Waals surface area contributed by atoms with Crippen LogP contribution in [0.2, 0.25) is 0 Å². The lowest BCUT2D eigenvalue weighted by atomic mass is 10.1. The van der Waals surface area contributed by atoms with Gasteiger partial charge < -0.3 is 5.32 Å². The summed E-state index contributed by atoms with van der Waals surface area (Å²) in [5.74, 6) is 0. The van der Waals surface area contributed by atoms with Gasteiger partial charge in [0.25, 0.3) is 0 Å². The number of aryl methyl sites for hydroxylation is 1. The third-order valence-corrected chi connectivity index (χ3v) is 4.24. The van der Waals surface area contributed by atoms with Crippen LogP contribution >= 0.6 is 11.8 Å². The third kappa shape index (κ3) is 4.02. The summed E-state index contributed by atoms with van der Waals surface area (Å²) in [7, 11) is 1.64. The Morgan fingerprint density at radius 3 is 2.43 bits per heavy atom. The van der Waals surface area contributed by atoms with Crippen LogP contribution in [-0.4, -0.2) is 7.05 Å². The molecule has 5 heteroatoms. The molecule has 21 heavy (non-hydrogen) atoms. The van der Waals surface area contributed by atoms with E-state index in [0.29, 0.717) is 4.90 Å². The van der Waals surface area contributed by atoms with Crippen LogP contribution in [0.5, 0.6) is 0 Å². The van der Waals surface area contributed by atoms with E-state index in [4.69, 9.17) is 0 Å². The Hall–Kier alpha value is -1.46. The molecule has 0 radical (unpaired) electrons. The fourth-order valence-electron chi connectivity index (χ4n) is 2.03. The van der Waals surface area contributed by atoms with Gasteiger partial charge in [-0.1, -0.05) is 36.0 Å². The molecular weight excluding hydrogens is 295 g/mol. The quantitative estimate of drug-likeness (QED) is 0.863. The normalized spacial score (nSPS) is 11.7. The first-order valence-electron chi connectivity index (χ1n) is 6.50. The molecule has 2 aromatic rings. The van der Waals surface area contributed by atoms with Crippen molar-refractivity contribution >= 4 is 11.8 Å². The third-order valence-electron chi connectivity index (χ3n) is 3.08. The molecule has 0 bridgehead atoms. The molecule has 0 fully saturated rings. The van der Waals surface area contributed by atoms with Gasteiger partial charge in [0.15, 0.2) is 0 Å². The minimum atomic E-state index is -4.34. The predicted octanol–water partition coefficient (Wildman–Crippen LogP) is 4.88. The Labute approximate surface area is 126 Å². The maximum absolute atomic E-state index is 13.1. The Morgan fingerprint density at radius 1 is 1.10 bits per heavy atom. The molecular formula is C16H16F3NS. The lowest BCUT2D eigenvalue weighted by Crippen LogP contribution is -2.14. The molecule has 2 rings (SSSR count). The minimum absolute atomic E-state index is 0.199. The fraction of sp³-hybridized carbons (Fsp3) is 0.250. The molecule has 0 aromatic heterocycles. The maximum Gasteiger partial charge on any atom is 0.416 e. The second-order valence-electron chi connectivity index (χ2n) is 4.71. The molecule has 0 aliphatic carbocycles. The van der Waals surface area contributed by atoms with Crippen LogP contribution in [0.25, 0.3) is 0 Å². The maximum atomic E-state index is 13.1. The molecule has 1 N–H and O–H groups in total. The van der Waals surface area contributed by atoms with Crippen molar-refractivity contribution in [2.24, 2.45) is 0 Å². The van der Waals surface area contributed by atoms with E-state index in [2.05, 4.69) is 5.32 Å². The van der Waals surface area contributed by atoms with Gasteiger partial charge in [-0.25, -0.2) is 0 Å². The number of halogens is 3. The van der Waals surface area contributed by atoms with Gasteiger partial charge in [0.2, 0.25) is 0 Å². The average molecular weight is 311 g/mol. The van der Waals surface area contributed by atoms with Gasteiger partial charge >= 0.3 is 6.18 Å². The SMILES string of the molecule is CNCc1ccc(Sc2ccccc2C)cc1C(F)(F)F. The summed E-state index contributed by atoms with van der Waals surface area (Å²) < 4.78 is 39.4. The van der Waals surface area contributed by atoms with E-state index in [1.807, 2.05) is 31.2 Å². The van der Waals surface area contributed by atoms with Gasteiger partial charge in [-0.3, -0.25) is 0 Å². The number of benzene rings is 2. The standard InChI is InChI=1S/C16H16F3NS/c1-11-5-3-4-6-15(11)21-13-8-7-12(10-20-2)14(9-13)16(17,18)19/h3-9,20H,10H2,1-2H3. The highest BCUT2D eigenvalue weighted by Crippen LogP contribution is 2.37. The van der Waals surface area contributed by atoms with Crippen LogP contribution in [-0.2, 0) is 12.7 Å². The van der Waals surface area contributed by atoms with Crippen molar-refractivity contribution in [1.29, 1.82) is 0 Å². The Kier molecular flexibility index (Phi) is 4.96. The Bertz CT molecular complexity index is 623. The topological polar surface area (TPSA) is 12.0 Å². The summed E-state index contributed by atoms with van der Waals surface area (Å²) in [6, 6.07) is 12.2. The highest BCUT2D eigenvalue weighted by molar-refractivity contribution is 7.99. The first-order chi connectivity index (χ1) is 9.91. The van der Waals surface area contributed by atoms with Gasteiger partial charge in [-0.15, -0.1) is 0 Å². The number of nitrogens with one attached hydrogen (secondary N) is 1. The monoisotopic (exact) mass is 311 g/mol. The molecule has 0 unspecified atom stereocenters. The lowest BCUT2D eigenvalue weighted by Gasteiger charge is -2.14. The summed E-state index contributed by atoms with van der Waals surface area (Å²) >= 11 is 1.35. The van der Waals surface area contributed by atoms with E-state index < -0.39 is 11.7 Å². The van der Waals surface area contributed by atoms with Crippen molar-refractivity contribution in [2.75, 3.05) is 7.05 Å². The first kappa shape index (κ1) is 15.9. The smallest absolute Gasteiger partial charge is 0.316 e. The summed E-state index contributed by atoms with van der Waals surface area (Å²) in [4.78, 5) is 1.56. The van der Waals surface area contributed by atoms with Gasteiger partial charge in [0.1, 0.15) is 0 Å². The summed E-state index contributed by atoms with van der Waals surface area (Å²) in [6.07, 6.45) is -4.34. The number of hydrogen-bond donors (Lipinski definition) is 1. The largest absolute Gasteiger partial charge is 0.416 e. The summed E-state index contributed by atoms with van der Waals surface area (Å²) in [5.41, 5.74) is 0.741. The minimum Gasteiger partial charge on any atom is -0.316 e. The van der Waals surface area contributed by atoms with Gasteiger partial charge in [0, 0.05) is 16.3 Å². The molecule has 112 valence electrons. The summed E-state index contributed by atoms with van der Waals surface area (Å²) in [5, 5.41) is 2.77. The average Bonchev–Trinajstić information content (AvgIpc) is 2.42. The van der Waals surface area contributed by atoms with Crippen molar-refractivity contribution in [1.82, 2.24) is 5.32 Å². The second-order valence-corrected chi connectivity index (χ2v) is 5.83. The van der Waals surface area contributed by atoms with Crippen molar-refractivity contribution in [3.63, 3.8) is 0 Å². The van der Waals surface area contributed by atoms with Crippen molar-refractivity contribution in [3.8, 4) is 0 Å². The Balaban J connectivity index is 2.36. The summed E-state index contributed by atoms with van der Waals surface area (Å²) in [6.45, 7) is 2.15. The molecule has 0 atom stereocenters. The molecule has 0 saturated heterocycles. The van der Waals surface area contributed by atoms with Crippen LogP contribution < -0.4 is 5.32 Å². The fourth-order valence-corrected chi connectivity index (χ4v) is 2.97. The van der Waals surface area contributed by atoms with E-state index in [1.54, 1.807) is 19.2 Å². The van der Waals surface area contributed by atoms with Crippen LogP contribution in [0.4, 0.5) is 13.2 Å². The molecule has 0 amide bonds. The van der Waals surface area contributed by atoms with Crippen LogP contribution in [0.15, 0.2) is 52.3 Å². The first-order valence-corrected chi connectivity index (χ1v) is 7.31.